The summed E-state index contributed by atoms with van der Waals surface area (Å²) in [6.45, 7) is 8.76. The largest absolute Gasteiger partial charge is 0.475 e. The van der Waals surface area contributed by atoms with E-state index < -0.39 is 7.82 Å². The van der Waals surface area contributed by atoms with E-state index in [1.165, 1.54) is 12.0 Å². The Morgan fingerprint density at radius 2 is 1.22 bits per heavy atom. The Kier molecular flexibility index (Phi) is 19.7. The highest BCUT2D eigenvalue weighted by Gasteiger charge is 2.29. The van der Waals surface area contributed by atoms with Crippen LogP contribution in [0.1, 0.15) is 108 Å². The van der Waals surface area contributed by atoms with Crippen LogP contribution in [0.2, 0.25) is 0 Å². The van der Waals surface area contributed by atoms with E-state index in [1.807, 2.05) is 95.7 Å². The Morgan fingerprint density at radius 3 is 1.82 bits per heavy atom. The maximum absolute atomic E-state index is 14.3. The quantitative estimate of drug-likeness (QED) is 0.0237. The van der Waals surface area contributed by atoms with Crippen LogP contribution >= 0.6 is 7.82 Å². The van der Waals surface area contributed by atoms with Crippen molar-refractivity contribution in [2.45, 2.75) is 96.8 Å². The zero-order valence-electron chi connectivity index (χ0n) is 32.4. The molecule has 0 spiro atoms. The van der Waals surface area contributed by atoms with Crippen molar-refractivity contribution < 1.29 is 27.7 Å². The van der Waals surface area contributed by atoms with Gasteiger partial charge in [0.1, 0.15) is 5.69 Å². The van der Waals surface area contributed by atoms with E-state index in [9.17, 15) is 14.2 Å². The first-order chi connectivity index (χ1) is 26.9. The lowest BCUT2D eigenvalue weighted by Gasteiger charge is -2.24. The Hall–Kier alpha value is -4.33. The van der Waals surface area contributed by atoms with E-state index in [0.29, 0.717) is 37.2 Å². The highest BCUT2D eigenvalue weighted by molar-refractivity contribution is 7.48. The molecule has 0 fully saturated rings. The first-order valence-electron chi connectivity index (χ1n) is 19.8. The SMILES string of the molecule is C=CCCCCCCCCC(=O)c1cc(C(=O)N(CCC=C)CCOP(=O)(OCc2ccccc2)OCc2ccccc2)n(CCCCc2ccccc2)c1. The van der Waals surface area contributed by atoms with Gasteiger partial charge in [-0.15, -0.1) is 13.2 Å². The van der Waals surface area contributed by atoms with Gasteiger partial charge in [-0.2, -0.15) is 0 Å². The van der Waals surface area contributed by atoms with E-state index >= 15 is 0 Å². The third kappa shape index (κ3) is 16.1. The molecule has 0 atom stereocenters. The van der Waals surface area contributed by atoms with Crippen molar-refractivity contribution in [2.24, 2.45) is 0 Å². The Labute approximate surface area is 328 Å². The van der Waals surface area contributed by atoms with Crippen LogP contribution in [0.15, 0.2) is 129 Å². The second-order valence-corrected chi connectivity index (χ2v) is 15.5. The number of carbonyl (C=O) groups excluding carboxylic acids is 2. The van der Waals surface area contributed by atoms with Gasteiger partial charge >= 0.3 is 7.82 Å². The molecule has 1 heterocycles. The summed E-state index contributed by atoms with van der Waals surface area (Å²) in [5.74, 6) is -0.172. The summed E-state index contributed by atoms with van der Waals surface area (Å²) >= 11 is 0. The van der Waals surface area contributed by atoms with Gasteiger partial charge in [-0.25, -0.2) is 4.57 Å². The minimum Gasteiger partial charge on any atom is -0.343 e. The molecule has 0 aliphatic rings. The number of aromatic nitrogens is 1. The first kappa shape index (κ1) is 43.4. The lowest BCUT2D eigenvalue weighted by atomic mass is 10.0. The smallest absolute Gasteiger partial charge is 0.343 e. The molecule has 8 nitrogen and oxygen atoms in total. The summed E-state index contributed by atoms with van der Waals surface area (Å²) in [6.07, 6.45) is 16.8. The lowest BCUT2D eigenvalue weighted by molar-refractivity contribution is 0.0658. The fourth-order valence-electron chi connectivity index (χ4n) is 6.26. The van der Waals surface area contributed by atoms with Crippen LogP contribution < -0.4 is 0 Å². The highest BCUT2D eigenvalue weighted by Crippen LogP contribution is 2.51. The van der Waals surface area contributed by atoms with Gasteiger partial charge in [0.15, 0.2) is 5.78 Å². The summed E-state index contributed by atoms with van der Waals surface area (Å²) in [7, 11) is -4.03. The van der Waals surface area contributed by atoms with Crippen LogP contribution in [0.3, 0.4) is 0 Å². The van der Waals surface area contributed by atoms with Crippen LogP contribution in [-0.2, 0) is 44.3 Å². The molecule has 0 radical (unpaired) electrons. The van der Waals surface area contributed by atoms with Gasteiger partial charge in [0, 0.05) is 37.8 Å². The van der Waals surface area contributed by atoms with Gasteiger partial charge in [-0.3, -0.25) is 23.2 Å². The molecule has 0 saturated carbocycles. The number of Topliss-reactive ketones (excluding diaryl/α,β-unsaturated/α-hetero) is 1. The number of benzene rings is 3. The maximum Gasteiger partial charge on any atom is 0.475 e. The molecule has 1 aromatic heterocycles. The number of phosphoric ester groups is 1. The summed E-state index contributed by atoms with van der Waals surface area (Å²) in [4.78, 5) is 29.4. The number of nitrogens with zero attached hydrogens (tertiary/aromatic N) is 2. The number of allylic oxidation sites excluding steroid dienone is 1. The van der Waals surface area contributed by atoms with E-state index in [1.54, 1.807) is 17.0 Å². The fraction of sp³-hybridized carbons (Fsp3) is 0.391. The number of amides is 1. The molecule has 0 aliphatic carbocycles. The molecule has 1 amide bonds. The third-order valence-corrected chi connectivity index (χ3v) is 10.8. The van der Waals surface area contributed by atoms with Gasteiger partial charge in [0.2, 0.25) is 0 Å². The summed E-state index contributed by atoms with van der Waals surface area (Å²) in [6, 6.07) is 30.9. The van der Waals surface area contributed by atoms with Crippen LogP contribution in [0, 0.1) is 0 Å². The van der Waals surface area contributed by atoms with E-state index in [-0.39, 0.29) is 38.1 Å². The Balaban J connectivity index is 1.44. The fourth-order valence-corrected chi connectivity index (χ4v) is 7.41. The van der Waals surface area contributed by atoms with Crippen LogP contribution in [-0.4, -0.2) is 40.9 Å². The van der Waals surface area contributed by atoms with Crippen LogP contribution in [0.5, 0.6) is 0 Å². The maximum atomic E-state index is 14.3. The molecule has 4 rings (SSSR count). The summed E-state index contributed by atoms with van der Waals surface area (Å²) < 4.78 is 33.3. The average Bonchev–Trinajstić information content (AvgIpc) is 3.65. The van der Waals surface area contributed by atoms with Gasteiger partial charge < -0.3 is 9.47 Å². The number of aryl methyl sites for hydroxylation is 2. The molecule has 0 bridgehead atoms. The molecular formula is C46H59N2O6P. The van der Waals surface area contributed by atoms with Crippen molar-refractivity contribution in [1.82, 2.24) is 9.47 Å². The molecule has 0 N–H and O–H groups in total. The van der Waals surface area contributed by atoms with Crippen LogP contribution in [0.4, 0.5) is 0 Å². The Bertz CT molecular complexity index is 1710. The normalized spacial score (nSPS) is 11.3. The second-order valence-electron chi connectivity index (χ2n) is 13.8. The number of hydrogen-bond donors (Lipinski definition) is 0. The van der Waals surface area contributed by atoms with Crippen LogP contribution in [0.25, 0.3) is 0 Å². The summed E-state index contributed by atoms with van der Waals surface area (Å²) in [5.41, 5.74) is 3.94. The van der Waals surface area contributed by atoms with Gasteiger partial charge in [0.25, 0.3) is 5.91 Å². The van der Waals surface area contributed by atoms with Crippen molar-refractivity contribution in [3.8, 4) is 0 Å². The van der Waals surface area contributed by atoms with Crippen molar-refractivity contribution in [2.75, 3.05) is 19.7 Å². The zero-order valence-corrected chi connectivity index (χ0v) is 33.3. The average molecular weight is 767 g/mol. The lowest BCUT2D eigenvalue weighted by Crippen LogP contribution is -2.36. The summed E-state index contributed by atoms with van der Waals surface area (Å²) in [5, 5.41) is 0. The van der Waals surface area contributed by atoms with E-state index in [0.717, 1.165) is 68.9 Å². The first-order valence-corrected chi connectivity index (χ1v) is 21.3. The number of carbonyl (C=O) groups is 2. The van der Waals surface area contributed by atoms with Gasteiger partial charge in [0.05, 0.1) is 19.8 Å². The third-order valence-electron chi connectivity index (χ3n) is 9.42. The predicted octanol–water partition coefficient (Wildman–Crippen LogP) is 11.6. The molecule has 9 heteroatoms. The zero-order chi connectivity index (χ0) is 39.0. The van der Waals surface area contributed by atoms with Gasteiger partial charge in [-0.1, -0.05) is 129 Å². The van der Waals surface area contributed by atoms with Crippen molar-refractivity contribution in [1.29, 1.82) is 0 Å². The molecule has 55 heavy (non-hydrogen) atoms. The monoisotopic (exact) mass is 766 g/mol. The Morgan fingerprint density at radius 1 is 0.655 bits per heavy atom. The minimum atomic E-state index is -4.03. The van der Waals surface area contributed by atoms with Crippen molar-refractivity contribution in [3.63, 3.8) is 0 Å². The molecule has 0 saturated heterocycles. The number of rotatable bonds is 29. The second kappa shape index (κ2) is 25.0. The number of hydrogen-bond acceptors (Lipinski definition) is 6. The van der Waals surface area contributed by atoms with Crippen molar-refractivity contribution >= 4 is 19.5 Å². The molecule has 4 aromatic rings. The predicted molar refractivity (Wildman–Crippen MR) is 222 cm³/mol. The minimum absolute atomic E-state index is 0.0380. The molecular weight excluding hydrogens is 707 g/mol. The molecule has 0 unspecified atom stereocenters. The number of unbranched alkanes of at least 4 members (excludes halogenated alkanes) is 7. The molecule has 294 valence electrons. The highest BCUT2D eigenvalue weighted by atomic mass is 31.2. The van der Waals surface area contributed by atoms with Crippen molar-refractivity contribution in [3.05, 3.63) is 157 Å². The molecule has 0 aliphatic heterocycles. The standard InChI is InChI=1S/C46H59N2O6P/c1-3-5-7-8-9-10-11-21-31-45(49)43-36-44(48(37-43)33-23-22-26-40-24-15-12-16-25-40)46(50)47(32-6-4-2)34-35-52-55(51,53-38-41-27-17-13-18-28-41)54-39-42-29-19-14-20-30-42/h3-4,12-20,24-25,27-30,36-37H,1-2,5-11,21-23,26,31-35,38-39H2. The topological polar surface area (TPSA) is 87.1 Å². The number of ketones is 1. The van der Waals surface area contributed by atoms with Gasteiger partial charge in [-0.05, 0) is 67.7 Å². The number of phosphoric acid groups is 1. The van der Waals surface area contributed by atoms with E-state index in [2.05, 4.69) is 25.3 Å². The molecule has 3 aromatic carbocycles. The van der Waals surface area contributed by atoms with E-state index in [4.69, 9.17) is 13.6 Å².